The quantitative estimate of drug-likeness (QED) is 0.665. The Hall–Kier alpha value is -3.01. The van der Waals surface area contributed by atoms with E-state index in [4.69, 9.17) is 16.9 Å². The molecule has 0 aliphatic rings. The first-order chi connectivity index (χ1) is 12.5. The highest BCUT2D eigenvalue weighted by Gasteiger charge is 2.17. The highest BCUT2D eigenvalue weighted by atomic mass is 35.5. The maximum atomic E-state index is 12.4. The van der Waals surface area contributed by atoms with E-state index in [1.165, 1.54) is 12.1 Å². The number of halogens is 1. The van der Waals surface area contributed by atoms with Crippen LogP contribution in [0.4, 0.5) is 17.1 Å². The molecule has 3 rings (SSSR count). The fourth-order valence-electron chi connectivity index (χ4n) is 2.29. The summed E-state index contributed by atoms with van der Waals surface area (Å²) in [4.78, 5) is 0.0291. The van der Waals surface area contributed by atoms with Crippen molar-refractivity contribution in [1.29, 1.82) is 5.26 Å². The Morgan fingerprint density at radius 3 is 1.92 bits per heavy atom. The third-order valence-electron chi connectivity index (χ3n) is 3.57. The predicted octanol–water partition coefficient (Wildman–Crippen LogP) is 4.76. The minimum atomic E-state index is -3.76. The summed E-state index contributed by atoms with van der Waals surface area (Å²) in [6, 6.07) is 22.2. The first kappa shape index (κ1) is 17.8. The molecule has 0 radical (unpaired) electrons. The highest BCUT2D eigenvalue weighted by molar-refractivity contribution is 7.92. The van der Waals surface area contributed by atoms with Gasteiger partial charge in [-0.05, 0) is 60.7 Å². The third-order valence-corrected chi connectivity index (χ3v) is 5.45. The van der Waals surface area contributed by atoms with Gasteiger partial charge in [0.05, 0.1) is 16.7 Å². The summed E-state index contributed by atoms with van der Waals surface area (Å²) in [6.07, 6.45) is 0. The predicted molar refractivity (Wildman–Crippen MR) is 103 cm³/mol. The second-order valence-corrected chi connectivity index (χ2v) is 7.49. The number of sulfonamides is 1. The maximum absolute atomic E-state index is 12.4. The highest BCUT2D eigenvalue weighted by Crippen LogP contribution is 2.24. The van der Waals surface area contributed by atoms with Crippen LogP contribution in [0.1, 0.15) is 5.56 Å². The van der Waals surface area contributed by atoms with E-state index < -0.39 is 10.0 Å². The summed E-state index contributed by atoms with van der Waals surface area (Å²) < 4.78 is 27.3. The molecule has 0 bridgehead atoms. The molecule has 3 aromatic rings. The van der Waals surface area contributed by atoms with Gasteiger partial charge in [0.15, 0.2) is 0 Å². The van der Waals surface area contributed by atoms with Gasteiger partial charge in [0.25, 0.3) is 10.0 Å². The standard InChI is InChI=1S/C19H14ClN3O2S/c20-18-3-1-2-4-19(18)26(24,25)23-17-11-9-16(10-12-17)22-15-7-5-14(13-21)6-8-15/h1-12,22-23H. The lowest BCUT2D eigenvalue weighted by atomic mass is 10.2. The summed E-state index contributed by atoms with van der Waals surface area (Å²) >= 11 is 5.96. The van der Waals surface area contributed by atoms with Gasteiger partial charge in [0, 0.05) is 17.1 Å². The molecule has 0 aliphatic carbocycles. The summed E-state index contributed by atoms with van der Waals surface area (Å²) in [6.45, 7) is 0. The van der Waals surface area contributed by atoms with Crippen LogP contribution in [-0.4, -0.2) is 8.42 Å². The van der Waals surface area contributed by atoms with Crippen molar-refractivity contribution in [2.75, 3.05) is 10.0 Å². The lowest BCUT2D eigenvalue weighted by Crippen LogP contribution is -2.13. The maximum Gasteiger partial charge on any atom is 0.263 e. The molecule has 0 aromatic heterocycles. The van der Waals surface area contributed by atoms with Crippen molar-refractivity contribution in [1.82, 2.24) is 0 Å². The Kier molecular flexibility index (Phi) is 5.12. The monoisotopic (exact) mass is 383 g/mol. The van der Waals surface area contributed by atoms with E-state index in [9.17, 15) is 8.42 Å². The summed E-state index contributed by atoms with van der Waals surface area (Å²) in [7, 11) is -3.76. The van der Waals surface area contributed by atoms with Crippen molar-refractivity contribution in [3.05, 3.63) is 83.4 Å². The molecule has 0 spiro atoms. The van der Waals surface area contributed by atoms with E-state index in [0.29, 0.717) is 11.3 Å². The molecular weight excluding hydrogens is 370 g/mol. The van der Waals surface area contributed by atoms with Crippen molar-refractivity contribution >= 4 is 38.7 Å². The molecule has 5 nitrogen and oxygen atoms in total. The van der Waals surface area contributed by atoms with Crippen molar-refractivity contribution in [3.8, 4) is 6.07 Å². The first-order valence-corrected chi connectivity index (χ1v) is 9.49. The normalized spacial score (nSPS) is 10.8. The smallest absolute Gasteiger partial charge is 0.263 e. The second kappa shape index (κ2) is 7.48. The van der Waals surface area contributed by atoms with Gasteiger partial charge in [-0.2, -0.15) is 5.26 Å². The number of hydrogen-bond acceptors (Lipinski definition) is 4. The Bertz CT molecular complexity index is 1060. The molecule has 3 aromatic carbocycles. The van der Waals surface area contributed by atoms with Gasteiger partial charge in [-0.1, -0.05) is 23.7 Å². The molecule has 0 saturated carbocycles. The van der Waals surface area contributed by atoms with Crippen LogP contribution in [0, 0.1) is 11.3 Å². The van der Waals surface area contributed by atoms with E-state index in [1.54, 1.807) is 60.7 Å². The van der Waals surface area contributed by atoms with Crippen LogP contribution in [0.15, 0.2) is 77.7 Å². The molecular formula is C19H14ClN3O2S. The zero-order chi connectivity index (χ0) is 18.6. The van der Waals surface area contributed by atoms with Gasteiger partial charge in [0.1, 0.15) is 4.90 Å². The number of nitrogens with zero attached hydrogens (tertiary/aromatic N) is 1. The zero-order valence-corrected chi connectivity index (χ0v) is 15.1. The number of rotatable bonds is 5. The molecule has 0 atom stereocenters. The van der Waals surface area contributed by atoms with E-state index in [1.807, 2.05) is 0 Å². The molecule has 26 heavy (non-hydrogen) atoms. The fourth-order valence-corrected chi connectivity index (χ4v) is 3.87. The van der Waals surface area contributed by atoms with Crippen LogP contribution in [-0.2, 0) is 10.0 Å². The van der Waals surface area contributed by atoms with Crippen molar-refractivity contribution in [2.24, 2.45) is 0 Å². The van der Waals surface area contributed by atoms with Crippen LogP contribution < -0.4 is 10.0 Å². The molecule has 7 heteroatoms. The third kappa shape index (κ3) is 4.14. The van der Waals surface area contributed by atoms with Gasteiger partial charge in [0.2, 0.25) is 0 Å². The number of anilines is 3. The average Bonchev–Trinajstić information content (AvgIpc) is 2.64. The first-order valence-electron chi connectivity index (χ1n) is 7.62. The minimum absolute atomic E-state index is 0.0291. The summed E-state index contributed by atoms with van der Waals surface area (Å²) in [5, 5.41) is 12.2. The van der Waals surface area contributed by atoms with E-state index in [2.05, 4.69) is 16.1 Å². The molecule has 0 unspecified atom stereocenters. The van der Waals surface area contributed by atoms with Gasteiger partial charge < -0.3 is 5.32 Å². The van der Waals surface area contributed by atoms with E-state index >= 15 is 0 Å². The van der Waals surface area contributed by atoms with Crippen LogP contribution in [0.3, 0.4) is 0 Å². The Morgan fingerprint density at radius 2 is 1.35 bits per heavy atom. The fraction of sp³-hybridized carbons (Fsp3) is 0. The average molecular weight is 384 g/mol. The number of nitrogens with one attached hydrogen (secondary N) is 2. The molecule has 130 valence electrons. The van der Waals surface area contributed by atoms with Crippen molar-refractivity contribution in [3.63, 3.8) is 0 Å². The molecule has 0 aliphatic heterocycles. The lowest BCUT2D eigenvalue weighted by molar-refractivity contribution is 0.601. The Labute approximate surface area is 156 Å². The van der Waals surface area contributed by atoms with Crippen LogP contribution in [0.5, 0.6) is 0 Å². The minimum Gasteiger partial charge on any atom is -0.356 e. The molecule has 0 heterocycles. The molecule has 2 N–H and O–H groups in total. The van der Waals surface area contributed by atoms with E-state index in [0.717, 1.165) is 11.4 Å². The van der Waals surface area contributed by atoms with Crippen LogP contribution in [0.25, 0.3) is 0 Å². The summed E-state index contributed by atoms with van der Waals surface area (Å²) in [5.41, 5.74) is 2.62. The van der Waals surface area contributed by atoms with Crippen molar-refractivity contribution in [2.45, 2.75) is 4.90 Å². The summed E-state index contributed by atoms with van der Waals surface area (Å²) in [5.74, 6) is 0. The van der Waals surface area contributed by atoms with Crippen molar-refractivity contribution < 1.29 is 8.42 Å². The Morgan fingerprint density at radius 1 is 0.808 bits per heavy atom. The SMILES string of the molecule is N#Cc1ccc(Nc2ccc(NS(=O)(=O)c3ccccc3Cl)cc2)cc1. The number of hydrogen-bond donors (Lipinski definition) is 2. The molecule has 0 fully saturated rings. The van der Waals surface area contributed by atoms with Gasteiger partial charge in [-0.15, -0.1) is 0 Å². The number of nitriles is 1. The zero-order valence-electron chi connectivity index (χ0n) is 13.5. The van der Waals surface area contributed by atoms with Crippen LogP contribution >= 0.6 is 11.6 Å². The second-order valence-electron chi connectivity index (χ2n) is 5.43. The van der Waals surface area contributed by atoms with Gasteiger partial charge in [-0.25, -0.2) is 8.42 Å². The molecule has 0 saturated heterocycles. The van der Waals surface area contributed by atoms with Gasteiger partial charge in [-0.3, -0.25) is 4.72 Å². The van der Waals surface area contributed by atoms with E-state index in [-0.39, 0.29) is 9.92 Å². The molecule has 0 amide bonds. The van der Waals surface area contributed by atoms with Gasteiger partial charge >= 0.3 is 0 Å². The number of benzene rings is 3. The topological polar surface area (TPSA) is 82.0 Å². The lowest BCUT2D eigenvalue weighted by Gasteiger charge is -2.11. The largest absolute Gasteiger partial charge is 0.356 e. The Balaban J connectivity index is 1.73. The van der Waals surface area contributed by atoms with Crippen LogP contribution in [0.2, 0.25) is 5.02 Å².